The molecule has 0 aromatic carbocycles. The van der Waals surface area contributed by atoms with Crippen molar-refractivity contribution >= 4 is 0 Å². The number of hydrogen-bond acceptors (Lipinski definition) is 3. The Kier molecular flexibility index (Phi) is 1.24. The van der Waals surface area contributed by atoms with Crippen molar-refractivity contribution in [3.63, 3.8) is 0 Å². The topological polar surface area (TPSA) is 34.0 Å². The number of fused-ring (bicyclic) bond motifs is 1. The van der Waals surface area contributed by atoms with Gasteiger partial charge in [0, 0.05) is 5.28 Å². The maximum Gasteiger partial charge on any atom is 0.198 e. The molecule has 13 heavy (non-hydrogen) atoms. The quantitative estimate of drug-likeness (QED) is 0.563. The largest absolute Gasteiger partial charge is 0.369 e. The van der Waals surface area contributed by atoms with Crippen molar-refractivity contribution in [2.24, 2.45) is 27.6 Å². The molecule has 0 amide bonds. The Morgan fingerprint density at radius 3 is 2.85 bits per heavy atom. The zero-order chi connectivity index (χ0) is 9.10. The van der Waals surface area contributed by atoms with Gasteiger partial charge in [-0.2, -0.15) is 0 Å². The number of rotatable bonds is 0. The van der Waals surface area contributed by atoms with Crippen LogP contribution in [-0.2, 0) is 4.84 Å². The molecule has 1 radical (unpaired) electrons. The Bertz CT molecular complexity index is 272. The summed E-state index contributed by atoms with van der Waals surface area (Å²) in [6.07, 6.45) is 3.73. The maximum atomic E-state index is 4.96. The molecule has 0 aromatic heterocycles. The van der Waals surface area contributed by atoms with Gasteiger partial charge in [-0.05, 0) is 36.5 Å². The van der Waals surface area contributed by atoms with E-state index in [1.54, 1.807) is 0 Å². The minimum absolute atomic E-state index is 0.0573. The Morgan fingerprint density at radius 1 is 1.46 bits per heavy atom. The van der Waals surface area contributed by atoms with E-state index in [1.807, 2.05) is 6.61 Å². The highest BCUT2D eigenvalue weighted by Crippen LogP contribution is 2.65. The highest BCUT2D eigenvalue weighted by atomic mass is 16.7. The summed E-state index contributed by atoms with van der Waals surface area (Å²) in [5.41, 5.74) is 0.389. The van der Waals surface area contributed by atoms with E-state index >= 15 is 0 Å². The molecule has 71 valence electrons. The van der Waals surface area contributed by atoms with Crippen molar-refractivity contribution in [3.05, 3.63) is 6.61 Å². The zero-order valence-electron chi connectivity index (χ0n) is 8.16. The third kappa shape index (κ3) is 0.760. The summed E-state index contributed by atoms with van der Waals surface area (Å²) in [4.78, 5) is 4.96. The van der Waals surface area contributed by atoms with Crippen LogP contribution in [0.3, 0.4) is 0 Å². The third-order valence-corrected chi connectivity index (χ3v) is 4.50. The maximum absolute atomic E-state index is 4.96. The molecule has 3 nitrogen and oxygen atoms in total. The first-order valence-electron chi connectivity index (χ1n) is 5.07. The summed E-state index contributed by atoms with van der Waals surface area (Å²) in [6.45, 7) is 6.57. The monoisotopic (exact) mass is 179 g/mol. The van der Waals surface area contributed by atoms with Crippen LogP contribution in [0, 0.1) is 23.9 Å². The van der Waals surface area contributed by atoms with Crippen LogP contribution in [-0.4, -0.2) is 5.54 Å². The van der Waals surface area contributed by atoms with E-state index in [2.05, 4.69) is 24.2 Å². The molecule has 4 rings (SSSR count). The van der Waals surface area contributed by atoms with Gasteiger partial charge in [0.2, 0.25) is 0 Å². The van der Waals surface area contributed by atoms with Gasteiger partial charge in [0.05, 0.1) is 0 Å². The van der Waals surface area contributed by atoms with Crippen LogP contribution in [0.4, 0.5) is 0 Å². The Hall–Kier alpha value is -0.600. The summed E-state index contributed by atoms with van der Waals surface area (Å²) in [5.74, 6) is 1.57. The van der Waals surface area contributed by atoms with Crippen molar-refractivity contribution in [2.75, 3.05) is 0 Å². The average molecular weight is 179 g/mol. The molecule has 0 aromatic rings. The normalized spacial score (nSPS) is 50.3. The Labute approximate surface area is 78.5 Å². The highest BCUT2D eigenvalue weighted by molar-refractivity contribution is 5.17. The fourth-order valence-corrected chi connectivity index (χ4v) is 3.43. The lowest BCUT2D eigenvalue weighted by molar-refractivity contribution is -0.110. The lowest BCUT2D eigenvalue weighted by atomic mass is 9.43. The van der Waals surface area contributed by atoms with E-state index in [0.29, 0.717) is 11.3 Å². The van der Waals surface area contributed by atoms with Crippen molar-refractivity contribution in [1.82, 2.24) is 0 Å². The van der Waals surface area contributed by atoms with E-state index in [1.165, 1.54) is 12.8 Å². The van der Waals surface area contributed by atoms with E-state index in [-0.39, 0.29) is 5.54 Å². The molecule has 3 fully saturated rings. The van der Waals surface area contributed by atoms with Gasteiger partial charge >= 0.3 is 0 Å². The molecule has 3 unspecified atom stereocenters. The molecular weight excluding hydrogens is 164 g/mol. The van der Waals surface area contributed by atoms with E-state index < -0.39 is 0 Å². The lowest BCUT2D eigenvalue weighted by Gasteiger charge is -2.61. The lowest BCUT2D eigenvalue weighted by Crippen LogP contribution is -2.60. The van der Waals surface area contributed by atoms with Crippen molar-refractivity contribution in [1.29, 1.82) is 0 Å². The summed E-state index contributed by atoms with van der Waals surface area (Å²) in [6, 6.07) is 0. The molecule has 1 aliphatic heterocycles. The third-order valence-electron chi connectivity index (χ3n) is 4.50. The summed E-state index contributed by atoms with van der Waals surface area (Å²) >= 11 is 0. The molecule has 0 N–H and O–H groups in total. The van der Waals surface area contributed by atoms with Crippen LogP contribution >= 0.6 is 0 Å². The summed E-state index contributed by atoms with van der Waals surface area (Å²) in [7, 11) is 0. The molecule has 4 aliphatic rings. The zero-order valence-corrected chi connectivity index (χ0v) is 8.16. The number of hydrogen-bond donors (Lipinski definition) is 0. The van der Waals surface area contributed by atoms with Crippen LogP contribution < -0.4 is 0 Å². The van der Waals surface area contributed by atoms with Crippen LogP contribution in [0.25, 0.3) is 0 Å². The molecule has 1 heterocycles. The molecule has 1 spiro atoms. The number of nitrogens with zero attached hydrogens (tertiary/aromatic N) is 2. The molecule has 0 saturated heterocycles. The summed E-state index contributed by atoms with van der Waals surface area (Å²) < 4.78 is 0. The Balaban J connectivity index is 1.95. The predicted molar refractivity (Wildman–Crippen MR) is 47.6 cm³/mol. The highest BCUT2D eigenvalue weighted by Gasteiger charge is 2.63. The minimum atomic E-state index is -0.0573. The molecule has 3 saturated carbocycles. The van der Waals surface area contributed by atoms with Gasteiger partial charge < -0.3 is 4.84 Å². The van der Waals surface area contributed by atoms with Gasteiger partial charge in [0.15, 0.2) is 6.61 Å². The van der Waals surface area contributed by atoms with Crippen molar-refractivity contribution in [2.45, 2.75) is 38.6 Å². The molecule has 3 aliphatic carbocycles. The standard InChI is InChI=1S/C10H15N2O/c1-9(2)7-3-4-10(8(9)5-7)6-13-12-11-10/h6-8H,3-5H2,1-2H3. The van der Waals surface area contributed by atoms with Gasteiger partial charge in [-0.25, -0.2) is 0 Å². The summed E-state index contributed by atoms with van der Waals surface area (Å²) in [5, 5.41) is 7.96. The first-order chi connectivity index (χ1) is 6.15. The van der Waals surface area contributed by atoms with Crippen LogP contribution in [0.15, 0.2) is 10.4 Å². The first-order valence-corrected chi connectivity index (χ1v) is 5.07. The van der Waals surface area contributed by atoms with Gasteiger partial charge in [-0.15, -0.1) is 5.11 Å². The van der Waals surface area contributed by atoms with Crippen LogP contribution in [0.5, 0.6) is 0 Å². The van der Waals surface area contributed by atoms with Gasteiger partial charge in [-0.1, -0.05) is 13.8 Å². The second kappa shape index (κ2) is 2.07. The fraction of sp³-hybridized carbons (Fsp3) is 0.900. The first kappa shape index (κ1) is 7.77. The molecule has 3 heteroatoms. The Morgan fingerprint density at radius 2 is 2.31 bits per heavy atom. The molecule has 2 bridgehead atoms. The van der Waals surface area contributed by atoms with Gasteiger partial charge in [-0.3, -0.25) is 0 Å². The van der Waals surface area contributed by atoms with Gasteiger partial charge in [0.1, 0.15) is 5.54 Å². The van der Waals surface area contributed by atoms with E-state index in [0.717, 1.165) is 12.3 Å². The SMILES string of the molecule is CC1(C)C2CCC3([CH]ON=N3)C1C2. The molecule has 3 atom stereocenters. The minimum Gasteiger partial charge on any atom is -0.369 e. The predicted octanol–water partition coefficient (Wildman–Crippen LogP) is 2.74. The molecular formula is C10H15N2O. The van der Waals surface area contributed by atoms with Crippen LogP contribution in [0.1, 0.15) is 33.1 Å². The smallest absolute Gasteiger partial charge is 0.198 e. The average Bonchev–Trinajstić information content (AvgIpc) is 2.53. The van der Waals surface area contributed by atoms with Crippen LogP contribution in [0.2, 0.25) is 0 Å². The second-order valence-corrected chi connectivity index (χ2v) is 5.24. The van der Waals surface area contributed by atoms with E-state index in [4.69, 9.17) is 4.84 Å². The van der Waals surface area contributed by atoms with Gasteiger partial charge in [0.25, 0.3) is 0 Å². The van der Waals surface area contributed by atoms with E-state index in [9.17, 15) is 0 Å². The fourth-order valence-electron chi connectivity index (χ4n) is 3.43. The second-order valence-electron chi connectivity index (χ2n) is 5.24. The van der Waals surface area contributed by atoms with Crippen molar-refractivity contribution in [3.8, 4) is 0 Å². The van der Waals surface area contributed by atoms with Crippen molar-refractivity contribution < 1.29 is 4.84 Å².